The van der Waals surface area contributed by atoms with Gasteiger partial charge in [-0.05, 0) is 12.8 Å². The van der Waals surface area contributed by atoms with Crippen LogP contribution in [0.25, 0.3) is 0 Å². The van der Waals surface area contributed by atoms with Gasteiger partial charge in [0.2, 0.25) is 0 Å². The first-order valence-corrected chi connectivity index (χ1v) is 8.02. The topological polar surface area (TPSA) is 84.0 Å². The summed E-state index contributed by atoms with van der Waals surface area (Å²) in [6.45, 7) is 0.364. The quantitative estimate of drug-likeness (QED) is 0.797. The number of nitrogens with one attached hydrogen (secondary N) is 2. The van der Waals surface area contributed by atoms with Gasteiger partial charge in [-0.1, -0.05) is 0 Å². The van der Waals surface area contributed by atoms with Crippen LogP contribution in [0.1, 0.15) is 24.6 Å². The van der Waals surface area contributed by atoms with E-state index in [0.717, 1.165) is 24.5 Å². The summed E-state index contributed by atoms with van der Waals surface area (Å²) in [5.74, 6) is 2.84. The molecule has 7 heteroatoms. The van der Waals surface area contributed by atoms with Gasteiger partial charge in [0.25, 0.3) is 0 Å². The second-order valence-electron chi connectivity index (χ2n) is 4.58. The minimum Gasteiger partial charge on any atom is -0.373 e. The average Bonchev–Trinajstić information content (AvgIpc) is 3.10. The molecule has 0 aromatic carbocycles. The van der Waals surface area contributed by atoms with E-state index in [1.165, 1.54) is 6.26 Å². The lowest BCUT2D eigenvalue weighted by atomic mass is 10.3. The van der Waals surface area contributed by atoms with E-state index in [4.69, 9.17) is 0 Å². The van der Waals surface area contributed by atoms with E-state index >= 15 is 0 Å². The number of aromatic nitrogens is 2. The summed E-state index contributed by atoms with van der Waals surface area (Å²) < 4.78 is 22.1. The van der Waals surface area contributed by atoms with Gasteiger partial charge < -0.3 is 10.6 Å². The number of rotatable bonds is 6. The molecule has 1 aromatic rings. The maximum atomic E-state index is 11.0. The Morgan fingerprint density at radius 3 is 2.56 bits per heavy atom. The second-order valence-corrected chi connectivity index (χ2v) is 6.84. The van der Waals surface area contributed by atoms with Crippen molar-refractivity contribution in [1.29, 1.82) is 0 Å². The van der Waals surface area contributed by atoms with Crippen LogP contribution in [0.5, 0.6) is 0 Å². The molecule has 1 aliphatic carbocycles. The lowest BCUT2D eigenvalue weighted by Crippen LogP contribution is -2.15. The van der Waals surface area contributed by atoms with Gasteiger partial charge in [-0.2, -0.15) is 0 Å². The Kier molecular flexibility index (Phi) is 3.70. The van der Waals surface area contributed by atoms with Crippen molar-refractivity contribution in [3.8, 4) is 0 Å². The van der Waals surface area contributed by atoms with Gasteiger partial charge in [0.1, 0.15) is 27.3 Å². The molecule has 1 aliphatic rings. The minimum absolute atomic E-state index is 0.102. The first-order chi connectivity index (χ1) is 8.48. The Morgan fingerprint density at radius 1 is 1.33 bits per heavy atom. The third-order valence-electron chi connectivity index (χ3n) is 2.72. The molecule has 1 heterocycles. The number of sulfone groups is 1. The molecule has 6 nitrogen and oxygen atoms in total. The summed E-state index contributed by atoms with van der Waals surface area (Å²) in [6.07, 6.45) is 3.50. The highest BCUT2D eigenvalue weighted by molar-refractivity contribution is 7.90. The van der Waals surface area contributed by atoms with Crippen LogP contribution in [0.4, 0.5) is 11.6 Å². The first-order valence-electron chi connectivity index (χ1n) is 5.96. The summed E-state index contributed by atoms with van der Waals surface area (Å²) in [5.41, 5.74) is 0. The Hall–Kier alpha value is -1.37. The summed E-state index contributed by atoms with van der Waals surface area (Å²) in [7, 11) is -1.14. The van der Waals surface area contributed by atoms with Crippen molar-refractivity contribution >= 4 is 21.5 Å². The molecular formula is C11H18N4O2S. The van der Waals surface area contributed by atoms with Gasteiger partial charge in [-0.15, -0.1) is 0 Å². The zero-order valence-electron chi connectivity index (χ0n) is 10.6. The van der Waals surface area contributed by atoms with Crippen molar-refractivity contribution in [2.24, 2.45) is 0 Å². The van der Waals surface area contributed by atoms with Crippen LogP contribution in [-0.2, 0) is 9.84 Å². The van der Waals surface area contributed by atoms with Crippen LogP contribution in [0.15, 0.2) is 6.07 Å². The third-order valence-corrected chi connectivity index (χ3v) is 3.67. The Labute approximate surface area is 107 Å². The molecule has 2 rings (SSSR count). The predicted octanol–water partition coefficient (Wildman–Crippen LogP) is 0.852. The lowest BCUT2D eigenvalue weighted by molar-refractivity contribution is 0.602. The van der Waals surface area contributed by atoms with E-state index in [9.17, 15) is 8.42 Å². The van der Waals surface area contributed by atoms with E-state index < -0.39 is 9.84 Å². The highest BCUT2D eigenvalue weighted by atomic mass is 32.2. The smallest absolute Gasteiger partial charge is 0.149 e. The zero-order valence-corrected chi connectivity index (χ0v) is 11.4. The molecule has 1 saturated carbocycles. The van der Waals surface area contributed by atoms with Gasteiger partial charge in [0, 0.05) is 31.8 Å². The highest BCUT2D eigenvalue weighted by Gasteiger charge is 2.27. The molecule has 0 unspecified atom stereocenters. The largest absolute Gasteiger partial charge is 0.373 e. The fourth-order valence-corrected chi connectivity index (χ4v) is 2.05. The van der Waals surface area contributed by atoms with Crippen LogP contribution >= 0.6 is 0 Å². The van der Waals surface area contributed by atoms with Crippen LogP contribution < -0.4 is 10.6 Å². The van der Waals surface area contributed by atoms with Crippen molar-refractivity contribution in [3.05, 3.63) is 11.9 Å². The molecule has 0 atom stereocenters. The molecule has 0 saturated heterocycles. The molecule has 1 fully saturated rings. The van der Waals surface area contributed by atoms with E-state index in [0.29, 0.717) is 18.3 Å². The van der Waals surface area contributed by atoms with Crippen molar-refractivity contribution in [1.82, 2.24) is 9.97 Å². The molecule has 18 heavy (non-hydrogen) atoms. The molecule has 0 amide bonds. The van der Waals surface area contributed by atoms with Crippen LogP contribution in [0, 0.1) is 0 Å². The molecule has 0 bridgehead atoms. The number of hydrogen-bond donors (Lipinski definition) is 2. The standard InChI is InChI=1S/C11H18N4O2S/c1-12-9-7-10(13-5-6-18(2,16)17)15-11(14-9)8-3-4-8/h7-8H,3-6H2,1-2H3,(H2,12,13,14,15). The Morgan fingerprint density at radius 2 is 2.00 bits per heavy atom. The molecule has 0 spiro atoms. The van der Waals surface area contributed by atoms with Crippen molar-refractivity contribution in [2.45, 2.75) is 18.8 Å². The Balaban J connectivity index is 2.04. The monoisotopic (exact) mass is 270 g/mol. The van der Waals surface area contributed by atoms with E-state index in [1.54, 1.807) is 13.1 Å². The fraction of sp³-hybridized carbons (Fsp3) is 0.636. The number of nitrogens with zero attached hydrogens (tertiary/aromatic N) is 2. The SMILES string of the molecule is CNc1cc(NCCS(C)(=O)=O)nc(C2CC2)n1. The first kappa shape index (κ1) is 13.1. The second kappa shape index (κ2) is 5.09. The molecule has 100 valence electrons. The maximum Gasteiger partial charge on any atom is 0.149 e. The number of anilines is 2. The normalized spacial score (nSPS) is 15.4. The van der Waals surface area contributed by atoms with E-state index in [2.05, 4.69) is 20.6 Å². The van der Waals surface area contributed by atoms with Crippen LogP contribution in [0.2, 0.25) is 0 Å². The fourth-order valence-electron chi connectivity index (χ4n) is 1.57. The third kappa shape index (κ3) is 3.83. The van der Waals surface area contributed by atoms with E-state index in [1.807, 2.05) is 0 Å². The molecular weight excluding hydrogens is 252 g/mol. The lowest BCUT2D eigenvalue weighted by Gasteiger charge is -2.09. The zero-order chi connectivity index (χ0) is 13.2. The summed E-state index contributed by atoms with van der Waals surface area (Å²) in [5, 5.41) is 6.02. The van der Waals surface area contributed by atoms with Gasteiger partial charge >= 0.3 is 0 Å². The molecule has 2 N–H and O–H groups in total. The average molecular weight is 270 g/mol. The summed E-state index contributed by atoms with van der Waals surface area (Å²) >= 11 is 0. The van der Waals surface area contributed by atoms with E-state index in [-0.39, 0.29) is 5.75 Å². The van der Waals surface area contributed by atoms with Crippen molar-refractivity contribution in [3.63, 3.8) is 0 Å². The minimum atomic E-state index is -2.95. The van der Waals surface area contributed by atoms with Gasteiger partial charge in [-0.25, -0.2) is 18.4 Å². The number of hydrogen-bond acceptors (Lipinski definition) is 6. The molecule has 0 radical (unpaired) electrons. The predicted molar refractivity (Wildman–Crippen MR) is 71.8 cm³/mol. The summed E-state index contributed by atoms with van der Waals surface area (Å²) in [6, 6.07) is 1.79. The maximum absolute atomic E-state index is 11.0. The van der Waals surface area contributed by atoms with Gasteiger partial charge in [0.15, 0.2) is 0 Å². The highest BCUT2D eigenvalue weighted by Crippen LogP contribution is 2.38. The van der Waals surface area contributed by atoms with Gasteiger partial charge in [-0.3, -0.25) is 0 Å². The van der Waals surface area contributed by atoms with Crippen LogP contribution in [0.3, 0.4) is 0 Å². The molecule has 0 aliphatic heterocycles. The van der Waals surface area contributed by atoms with Crippen molar-refractivity contribution < 1.29 is 8.42 Å². The van der Waals surface area contributed by atoms with Crippen molar-refractivity contribution in [2.75, 3.05) is 36.2 Å². The summed E-state index contributed by atoms with van der Waals surface area (Å²) in [4.78, 5) is 8.80. The Bertz CT molecular complexity index is 526. The van der Waals surface area contributed by atoms with Gasteiger partial charge in [0.05, 0.1) is 5.75 Å². The molecule has 1 aromatic heterocycles. The van der Waals surface area contributed by atoms with Crippen LogP contribution in [-0.4, -0.2) is 44.0 Å².